The van der Waals surface area contributed by atoms with Crippen molar-refractivity contribution in [3.05, 3.63) is 0 Å². The molecule has 1 aliphatic heterocycles. The zero-order chi connectivity index (χ0) is 12.2. The van der Waals surface area contributed by atoms with E-state index in [-0.39, 0.29) is 6.04 Å². The van der Waals surface area contributed by atoms with Gasteiger partial charge in [0, 0.05) is 12.6 Å². The second-order valence-electron chi connectivity index (χ2n) is 4.37. The molecule has 4 nitrogen and oxygen atoms in total. The molecule has 92 valence electrons. The Hall–Kier alpha value is -0.600. The first-order valence-corrected chi connectivity index (χ1v) is 7.44. The zero-order valence-electron chi connectivity index (χ0n) is 10.0. The summed E-state index contributed by atoms with van der Waals surface area (Å²) in [6.07, 6.45) is 4.83. The Kier molecular flexibility index (Phi) is 4.75. The number of nitrogens with zero attached hydrogens (tertiary/aromatic N) is 2. The lowest BCUT2D eigenvalue weighted by Gasteiger charge is -2.35. The van der Waals surface area contributed by atoms with Crippen molar-refractivity contribution in [3.8, 4) is 6.07 Å². The number of nitriles is 1. The van der Waals surface area contributed by atoms with Gasteiger partial charge in [0.2, 0.25) is 10.0 Å². The first-order chi connectivity index (χ1) is 7.54. The highest BCUT2D eigenvalue weighted by Gasteiger charge is 2.35. The third kappa shape index (κ3) is 2.74. The van der Waals surface area contributed by atoms with E-state index in [1.54, 1.807) is 4.31 Å². The Morgan fingerprint density at radius 2 is 2.19 bits per heavy atom. The molecular formula is C11H20N2O2S. The monoisotopic (exact) mass is 244 g/mol. The maximum Gasteiger partial charge on any atom is 0.230 e. The maximum absolute atomic E-state index is 12.1. The number of hydrogen-bond donors (Lipinski definition) is 0. The van der Waals surface area contributed by atoms with Crippen molar-refractivity contribution in [2.75, 3.05) is 6.54 Å². The van der Waals surface area contributed by atoms with Crippen LogP contribution in [0.15, 0.2) is 0 Å². The second kappa shape index (κ2) is 5.65. The summed E-state index contributed by atoms with van der Waals surface area (Å²) < 4.78 is 25.8. The quantitative estimate of drug-likeness (QED) is 0.758. The molecule has 1 saturated heterocycles. The van der Waals surface area contributed by atoms with Gasteiger partial charge < -0.3 is 0 Å². The third-order valence-electron chi connectivity index (χ3n) is 3.15. The predicted molar refractivity (Wildman–Crippen MR) is 63.2 cm³/mol. The topological polar surface area (TPSA) is 61.2 Å². The van der Waals surface area contributed by atoms with Gasteiger partial charge in [-0.2, -0.15) is 9.57 Å². The highest BCUT2D eigenvalue weighted by Crippen LogP contribution is 2.25. The van der Waals surface area contributed by atoms with E-state index in [0.717, 1.165) is 32.1 Å². The van der Waals surface area contributed by atoms with Crippen molar-refractivity contribution in [2.24, 2.45) is 0 Å². The summed E-state index contributed by atoms with van der Waals surface area (Å²) in [7, 11) is -3.41. The van der Waals surface area contributed by atoms with Crippen LogP contribution in [0.2, 0.25) is 0 Å². The summed E-state index contributed by atoms with van der Waals surface area (Å²) in [5.74, 6) is 0. The average molecular weight is 244 g/mol. The molecule has 0 aromatic heterocycles. The van der Waals surface area contributed by atoms with E-state index in [9.17, 15) is 8.42 Å². The van der Waals surface area contributed by atoms with Crippen LogP contribution in [-0.2, 0) is 10.0 Å². The molecule has 0 radical (unpaired) electrons. The van der Waals surface area contributed by atoms with Crippen LogP contribution < -0.4 is 0 Å². The molecule has 1 aliphatic rings. The van der Waals surface area contributed by atoms with Gasteiger partial charge in [-0.25, -0.2) is 8.42 Å². The molecule has 0 N–H and O–H groups in total. The van der Waals surface area contributed by atoms with Crippen LogP contribution in [0, 0.1) is 11.3 Å². The standard InChI is InChI=1S/C11H20N2O2S/c1-3-6-11-7-4-5-8-13(11)16(14,15)10(2)9-12/h10-11H,3-8H2,1-2H3. The summed E-state index contributed by atoms with van der Waals surface area (Å²) in [6.45, 7) is 4.11. The van der Waals surface area contributed by atoms with Crippen molar-refractivity contribution < 1.29 is 8.42 Å². The molecule has 1 fully saturated rings. The molecule has 16 heavy (non-hydrogen) atoms. The molecule has 0 spiro atoms. The highest BCUT2D eigenvalue weighted by atomic mass is 32.2. The normalized spacial score (nSPS) is 24.9. The van der Waals surface area contributed by atoms with E-state index in [2.05, 4.69) is 6.92 Å². The molecular weight excluding hydrogens is 224 g/mol. The number of rotatable bonds is 4. The Balaban J connectivity index is 2.87. The van der Waals surface area contributed by atoms with Crippen LogP contribution in [-0.4, -0.2) is 30.6 Å². The fourth-order valence-electron chi connectivity index (χ4n) is 2.20. The molecule has 0 amide bonds. The molecule has 2 unspecified atom stereocenters. The van der Waals surface area contributed by atoms with Gasteiger partial charge in [-0.3, -0.25) is 0 Å². The summed E-state index contributed by atoms with van der Waals surface area (Å²) >= 11 is 0. The molecule has 2 atom stereocenters. The Bertz CT molecular complexity index is 357. The SMILES string of the molecule is CCCC1CCCCN1S(=O)(=O)C(C)C#N. The number of sulfonamides is 1. The molecule has 0 aromatic carbocycles. The first-order valence-electron chi connectivity index (χ1n) is 5.94. The summed E-state index contributed by atoms with van der Waals surface area (Å²) in [5.41, 5.74) is 0. The van der Waals surface area contributed by atoms with E-state index in [0.29, 0.717) is 6.54 Å². The van der Waals surface area contributed by atoms with E-state index in [1.165, 1.54) is 6.92 Å². The lowest BCUT2D eigenvalue weighted by atomic mass is 10.0. The third-order valence-corrected chi connectivity index (χ3v) is 5.28. The van der Waals surface area contributed by atoms with E-state index < -0.39 is 15.3 Å². The summed E-state index contributed by atoms with van der Waals surface area (Å²) in [6, 6.07) is 1.95. The van der Waals surface area contributed by atoms with Gasteiger partial charge in [0.25, 0.3) is 0 Å². The highest BCUT2D eigenvalue weighted by molar-refractivity contribution is 7.90. The molecule has 5 heteroatoms. The minimum absolute atomic E-state index is 0.111. The summed E-state index contributed by atoms with van der Waals surface area (Å²) in [5, 5.41) is 7.84. The van der Waals surface area contributed by atoms with Gasteiger partial charge in [0.15, 0.2) is 5.25 Å². The van der Waals surface area contributed by atoms with Crippen LogP contribution in [0.25, 0.3) is 0 Å². The molecule has 0 aliphatic carbocycles. The van der Waals surface area contributed by atoms with E-state index in [4.69, 9.17) is 5.26 Å². The lowest BCUT2D eigenvalue weighted by Crippen LogP contribution is -2.46. The van der Waals surface area contributed by atoms with Crippen molar-refractivity contribution in [1.29, 1.82) is 5.26 Å². The van der Waals surface area contributed by atoms with Crippen LogP contribution in [0.3, 0.4) is 0 Å². The summed E-state index contributed by atoms with van der Waals surface area (Å²) in [4.78, 5) is 0. The molecule has 0 aromatic rings. The van der Waals surface area contributed by atoms with Gasteiger partial charge in [-0.1, -0.05) is 19.8 Å². The van der Waals surface area contributed by atoms with Gasteiger partial charge in [-0.15, -0.1) is 0 Å². The van der Waals surface area contributed by atoms with Crippen LogP contribution in [0.4, 0.5) is 0 Å². The van der Waals surface area contributed by atoms with Crippen molar-refractivity contribution in [3.63, 3.8) is 0 Å². The largest absolute Gasteiger partial charge is 0.230 e. The van der Waals surface area contributed by atoms with Gasteiger partial charge in [-0.05, 0) is 26.2 Å². The first kappa shape index (κ1) is 13.5. The second-order valence-corrected chi connectivity index (χ2v) is 6.57. The average Bonchev–Trinajstić information content (AvgIpc) is 2.29. The predicted octanol–water partition coefficient (Wildman–Crippen LogP) is 1.88. The molecule has 1 rings (SSSR count). The fraction of sp³-hybridized carbons (Fsp3) is 0.909. The number of hydrogen-bond acceptors (Lipinski definition) is 3. The van der Waals surface area contributed by atoms with Crippen molar-refractivity contribution >= 4 is 10.0 Å². The molecule has 0 saturated carbocycles. The Morgan fingerprint density at radius 3 is 2.75 bits per heavy atom. The number of piperidine rings is 1. The Morgan fingerprint density at radius 1 is 1.50 bits per heavy atom. The van der Waals surface area contributed by atoms with E-state index in [1.807, 2.05) is 6.07 Å². The molecule has 1 heterocycles. The van der Waals surface area contributed by atoms with Gasteiger partial charge >= 0.3 is 0 Å². The molecule has 0 bridgehead atoms. The van der Waals surface area contributed by atoms with Crippen LogP contribution in [0.1, 0.15) is 46.0 Å². The zero-order valence-corrected chi connectivity index (χ0v) is 10.8. The van der Waals surface area contributed by atoms with Gasteiger partial charge in [0.1, 0.15) is 0 Å². The fourth-order valence-corrected chi connectivity index (χ4v) is 3.75. The minimum atomic E-state index is -3.41. The van der Waals surface area contributed by atoms with Crippen molar-refractivity contribution in [1.82, 2.24) is 4.31 Å². The van der Waals surface area contributed by atoms with Crippen LogP contribution >= 0.6 is 0 Å². The van der Waals surface area contributed by atoms with Crippen LogP contribution in [0.5, 0.6) is 0 Å². The van der Waals surface area contributed by atoms with Crippen molar-refractivity contribution in [2.45, 2.75) is 57.2 Å². The smallest absolute Gasteiger partial charge is 0.211 e. The lowest BCUT2D eigenvalue weighted by molar-refractivity contribution is 0.239. The minimum Gasteiger partial charge on any atom is -0.211 e. The Labute approximate surface area is 98.3 Å². The maximum atomic E-state index is 12.1. The van der Waals surface area contributed by atoms with Gasteiger partial charge in [0.05, 0.1) is 6.07 Å². The van der Waals surface area contributed by atoms with E-state index >= 15 is 0 Å².